The van der Waals surface area contributed by atoms with E-state index in [-0.39, 0.29) is 32.5 Å². The topological polar surface area (TPSA) is 253 Å². The first-order valence-electron chi connectivity index (χ1n) is 15.9. The summed E-state index contributed by atoms with van der Waals surface area (Å²) in [6.45, 7) is 5.72. The molecule has 0 aromatic heterocycles. The lowest BCUT2D eigenvalue weighted by Crippen LogP contribution is -2.64. The third kappa shape index (κ3) is 14.4. The predicted octanol–water partition coefficient (Wildman–Crippen LogP) is -3.86. The van der Waals surface area contributed by atoms with Crippen molar-refractivity contribution in [2.75, 3.05) is 72.7 Å². The molecule has 2 saturated heterocycles. The zero-order valence-electron chi connectivity index (χ0n) is 27.3. The Hall–Kier alpha value is -1.62. The number of carbonyl (C=O) groups is 2. The van der Waals surface area contributed by atoms with E-state index in [1.807, 2.05) is 6.92 Å². The van der Waals surface area contributed by atoms with Crippen molar-refractivity contribution in [2.45, 2.75) is 101 Å². The van der Waals surface area contributed by atoms with Gasteiger partial charge >= 0.3 is 0 Å². The van der Waals surface area contributed by atoms with Crippen molar-refractivity contribution in [2.24, 2.45) is 0 Å². The molecule has 8 N–H and O–H groups in total. The van der Waals surface area contributed by atoms with Crippen molar-refractivity contribution >= 4 is 11.8 Å². The first kappa shape index (κ1) is 41.6. The molecule has 2 amide bonds. The van der Waals surface area contributed by atoms with E-state index in [0.29, 0.717) is 39.5 Å². The van der Waals surface area contributed by atoms with E-state index in [0.717, 1.165) is 6.42 Å². The minimum atomic E-state index is -1.38. The zero-order valence-corrected chi connectivity index (χ0v) is 27.3. The molecule has 18 heteroatoms. The summed E-state index contributed by atoms with van der Waals surface area (Å²) in [7, 11) is 0. The highest BCUT2D eigenvalue weighted by Gasteiger charge is 2.46. The molecular weight excluding hydrogens is 632 g/mol. The summed E-state index contributed by atoms with van der Waals surface area (Å²) in [5.74, 6) is -0.872. The number of ether oxygens (including phenoxy) is 8. The Kier molecular flexibility index (Phi) is 20.3. The number of hydrogen-bond donors (Lipinski definition) is 8. The van der Waals surface area contributed by atoms with Gasteiger partial charge in [0.2, 0.25) is 11.8 Å². The molecule has 0 spiro atoms. The summed E-state index contributed by atoms with van der Waals surface area (Å²) in [5.41, 5.74) is 0. The smallest absolute Gasteiger partial charge is 0.217 e. The molecule has 0 saturated carbocycles. The normalized spacial score (nSPS) is 31.8. The molecule has 2 aliphatic heterocycles. The summed E-state index contributed by atoms with van der Waals surface area (Å²) >= 11 is 0. The summed E-state index contributed by atoms with van der Waals surface area (Å²) in [5, 5.41) is 64.4. The average Bonchev–Trinajstić information content (AvgIpc) is 3.04. The monoisotopic (exact) mass is 686 g/mol. The van der Waals surface area contributed by atoms with E-state index in [1.54, 1.807) is 0 Å². The molecule has 11 atom stereocenters. The maximum atomic E-state index is 11.5. The van der Waals surface area contributed by atoms with Crippen LogP contribution in [-0.2, 0) is 47.5 Å². The zero-order chi connectivity index (χ0) is 34.8. The van der Waals surface area contributed by atoms with Gasteiger partial charge in [-0.15, -0.1) is 0 Å². The molecule has 18 nitrogen and oxygen atoms in total. The second kappa shape index (κ2) is 22.9. The molecule has 0 bridgehead atoms. The predicted molar refractivity (Wildman–Crippen MR) is 160 cm³/mol. The van der Waals surface area contributed by atoms with Crippen LogP contribution >= 0.6 is 0 Å². The van der Waals surface area contributed by atoms with Gasteiger partial charge in [-0.05, 0) is 12.8 Å². The molecular formula is C29H54N2O16. The fraction of sp³-hybridized carbons (Fsp3) is 0.931. The highest BCUT2D eigenvalue weighted by Crippen LogP contribution is 2.23. The van der Waals surface area contributed by atoms with Crippen molar-refractivity contribution in [3.05, 3.63) is 0 Å². The molecule has 0 aromatic rings. The molecule has 7 unspecified atom stereocenters. The first-order valence-corrected chi connectivity index (χ1v) is 15.9. The highest BCUT2D eigenvalue weighted by molar-refractivity contribution is 5.73. The number of aliphatic hydroxyl groups excluding tert-OH is 6. The van der Waals surface area contributed by atoms with Crippen LogP contribution in [0.1, 0.15) is 33.6 Å². The summed E-state index contributed by atoms with van der Waals surface area (Å²) in [6, 6.07) is -2.02. The van der Waals surface area contributed by atoms with Gasteiger partial charge in [-0.25, -0.2) is 0 Å². The average molecular weight is 687 g/mol. The van der Waals surface area contributed by atoms with Crippen LogP contribution < -0.4 is 10.6 Å². The van der Waals surface area contributed by atoms with Gasteiger partial charge in [-0.2, -0.15) is 0 Å². The molecule has 0 aliphatic carbocycles. The van der Waals surface area contributed by atoms with Gasteiger partial charge in [0.05, 0.1) is 72.2 Å². The van der Waals surface area contributed by atoms with Crippen LogP contribution in [-0.4, -0.2) is 183 Å². The fourth-order valence-corrected chi connectivity index (χ4v) is 4.99. The number of aliphatic hydroxyl groups is 6. The summed E-state index contributed by atoms with van der Waals surface area (Å²) in [4.78, 5) is 23.0. The number of nitrogens with one attached hydrogen (secondary N) is 2. The maximum Gasteiger partial charge on any atom is 0.217 e. The lowest BCUT2D eigenvalue weighted by atomic mass is 9.97. The molecule has 276 valence electrons. The van der Waals surface area contributed by atoms with Gasteiger partial charge in [0, 0.05) is 20.5 Å². The Bertz CT molecular complexity index is 874. The lowest BCUT2D eigenvalue weighted by molar-refractivity contribution is -0.272. The lowest BCUT2D eigenvalue weighted by Gasteiger charge is -2.42. The van der Waals surface area contributed by atoms with Crippen LogP contribution in [0.2, 0.25) is 0 Å². The number of rotatable bonds is 23. The van der Waals surface area contributed by atoms with E-state index in [1.165, 1.54) is 13.8 Å². The Labute approximate surface area is 274 Å². The summed E-state index contributed by atoms with van der Waals surface area (Å²) in [6.07, 6.45) is -8.39. The van der Waals surface area contributed by atoms with E-state index >= 15 is 0 Å². The van der Waals surface area contributed by atoms with Crippen molar-refractivity contribution in [3.63, 3.8) is 0 Å². The van der Waals surface area contributed by atoms with Crippen LogP contribution in [0.3, 0.4) is 0 Å². The summed E-state index contributed by atoms with van der Waals surface area (Å²) < 4.78 is 44.7. The van der Waals surface area contributed by atoms with Crippen LogP contribution in [0, 0.1) is 0 Å². The van der Waals surface area contributed by atoms with Crippen molar-refractivity contribution in [3.8, 4) is 0 Å². The van der Waals surface area contributed by atoms with Crippen LogP contribution in [0.5, 0.6) is 0 Å². The van der Waals surface area contributed by atoms with E-state index in [9.17, 15) is 40.2 Å². The van der Waals surface area contributed by atoms with Crippen LogP contribution in [0.15, 0.2) is 0 Å². The Balaban J connectivity index is 1.52. The van der Waals surface area contributed by atoms with Crippen LogP contribution in [0.4, 0.5) is 0 Å². The van der Waals surface area contributed by atoms with E-state index in [4.69, 9.17) is 37.9 Å². The second-order valence-electron chi connectivity index (χ2n) is 11.1. The maximum absolute atomic E-state index is 11.5. The largest absolute Gasteiger partial charge is 0.394 e. The van der Waals surface area contributed by atoms with E-state index in [2.05, 4.69) is 10.6 Å². The molecule has 2 rings (SSSR count). The molecule has 2 aliphatic rings. The minimum absolute atomic E-state index is 0.0368. The Morgan fingerprint density at radius 2 is 1.04 bits per heavy atom. The van der Waals surface area contributed by atoms with Gasteiger partial charge in [0.15, 0.2) is 12.6 Å². The van der Waals surface area contributed by atoms with Gasteiger partial charge in [-0.1, -0.05) is 6.92 Å². The van der Waals surface area contributed by atoms with Gasteiger partial charge in [0.25, 0.3) is 0 Å². The Morgan fingerprint density at radius 3 is 1.45 bits per heavy atom. The van der Waals surface area contributed by atoms with Gasteiger partial charge < -0.3 is 79.2 Å². The molecule has 2 heterocycles. The molecule has 47 heavy (non-hydrogen) atoms. The standard InChI is InChI=1S/C29H54N2O16/c1-4-19(43-12-9-42-11-14-45-29-23(31-18(3)35)27(39)25(37)21(16-33)47-29)5-6-40-7-8-41-10-13-44-28-22(30-17(2)34)26(38)24(36)20(15-32)46-28/h19-29,32-33,36-39H,4-16H2,1-3H3,(H,30,34)(H,31,35)/t19?,20?,21?,22?,23?,24-,25-,26?,27?,28+,29+/m0/s1. The number of hydrogen-bond acceptors (Lipinski definition) is 16. The van der Waals surface area contributed by atoms with Crippen molar-refractivity contribution in [1.82, 2.24) is 10.6 Å². The van der Waals surface area contributed by atoms with Gasteiger partial charge in [-0.3, -0.25) is 9.59 Å². The Morgan fingerprint density at radius 1 is 0.638 bits per heavy atom. The second-order valence-corrected chi connectivity index (χ2v) is 11.1. The van der Waals surface area contributed by atoms with Crippen molar-refractivity contribution in [1.29, 1.82) is 0 Å². The highest BCUT2D eigenvalue weighted by atomic mass is 16.7. The van der Waals surface area contributed by atoms with Gasteiger partial charge in [0.1, 0.15) is 48.7 Å². The molecule has 2 fully saturated rings. The molecule has 0 aromatic carbocycles. The number of amides is 2. The third-order valence-electron chi connectivity index (χ3n) is 7.51. The minimum Gasteiger partial charge on any atom is -0.394 e. The SMILES string of the molecule is CCC(CCOCCOCCO[C@@H]1OC(CO)[C@H](O)C(O)C1NC(C)=O)OCCOCCO[C@@H]1OC(CO)[C@H](O)C(O)C1NC(C)=O. The third-order valence-corrected chi connectivity index (χ3v) is 7.51. The molecule has 0 radical (unpaired) electrons. The van der Waals surface area contributed by atoms with Crippen LogP contribution in [0.25, 0.3) is 0 Å². The fourth-order valence-electron chi connectivity index (χ4n) is 4.99. The number of carbonyl (C=O) groups excluding carboxylic acids is 2. The van der Waals surface area contributed by atoms with E-state index < -0.39 is 86.3 Å². The quantitative estimate of drug-likeness (QED) is 0.0479. The van der Waals surface area contributed by atoms with Crippen molar-refractivity contribution < 1.29 is 78.1 Å². The first-order chi connectivity index (χ1) is 22.5.